The number of hydrogen-bond acceptors (Lipinski definition) is 3. The van der Waals surface area contributed by atoms with Crippen molar-refractivity contribution < 1.29 is 31.5 Å². The molecule has 2 aromatic heterocycles. The molecular weight excluding hydrogens is 505 g/mol. The molecule has 0 aliphatic carbocycles. The highest BCUT2D eigenvalue weighted by molar-refractivity contribution is 7.89. The Morgan fingerprint density at radius 2 is 1.51 bits per heavy atom. The molecule has 0 saturated carbocycles. The van der Waals surface area contributed by atoms with Gasteiger partial charge in [0.05, 0.1) is 17.5 Å². The lowest BCUT2D eigenvalue weighted by Gasteiger charge is -2.13. The van der Waals surface area contributed by atoms with Crippen LogP contribution < -0.4 is 0 Å². The topological polar surface area (TPSA) is 79.1 Å². The summed E-state index contributed by atoms with van der Waals surface area (Å²) in [5.74, 6) is -1.05. The number of aliphatic carboxylic acids is 1. The van der Waals surface area contributed by atoms with Crippen LogP contribution in [0.25, 0.3) is 27.8 Å². The predicted molar refractivity (Wildman–Crippen MR) is 133 cm³/mol. The molecule has 0 amide bonds. The van der Waals surface area contributed by atoms with E-state index in [1.807, 2.05) is 0 Å². The van der Waals surface area contributed by atoms with Gasteiger partial charge < -0.3 is 9.51 Å². The van der Waals surface area contributed by atoms with E-state index < -0.39 is 27.7 Å². The average Bonchev–Trinajstić information content (AvgIpc) is 3.55. The van der Waals surface area contributed by atoms with Gasteiger partial charge in [0.25, 0.3) is 0 Å². The quantitative estimate of drug-likeness (QED) is 0.348. The molecule has 1 fully saturated rings. The summed E-state index contributed by atoms with van der Waals surface area (Å²) < 4.78 is 68.5. The Balaban J connectivity index is 1.54. The van der Waals surface area contributed by atoms with E-state index in [-0.39, 0.29) is 11.3 Å². The number of rotatable bonds is 6. The zero-order valence-electron chi connectivity index (χ0n) is 19.6. The van der Waals surface area contributed by atoms with Crippen LogP contribution in [0.2, 0.25) is 0 Å². The SMILES string of the molecule is O=C(O)Cc1cc(-c2ccc(-c3cccc(C(F)(F)F)c3)cc2)cn2cc(S(=O)(=O)N3CCCC3)cc12. The van der Waals surface area contributed by atoms with Crippen molar-refractivity contribution in [2.45, 2.75) is 30.3 Å². The number of halogens is 3. The van der Waals surface area contributed by atoms with Crippen molar-refractivity contribution in [1.29, 1.82) is 0 Å². The maximum atomic E-state index is 13.1. The second-order valence-corrected chi connectivity index (χ2v) is 11.0. The number of pyridine rings is 1. The predicted octanol–water partition coefficient (Wildman–Crippen LogP) is 5.70. The number of hydrogen-bond donors (Lipinski definition) is 1. The Labute approximate surface area is 211 Å². The highest BCUT2D eigenvalue weighted by atomic mass is 32.2. The Kier molecular flexibility index (Phi) is 6.33. The summed E-state index contributed by atoms with van der Waals surface area (Å²) in [5.41, 5.74) is 2.60. The molecule has 37 heavy (non-hydrogen) atoms. The first-order valence-corrected chi connectivity index (χ1v) is 13.1. The average molecular weight is 529 g/mol. The van der Waals surface area contributed by atoms with Gasteiger partial charge in [0.15, 0.2) is 0 Å². The molecule has 0 spiro atoms. The lowest BCUT2D eigenvalue weighted by Crippen LogP contribution is -2.27. The molecule has 192 valence electrons. The molecule has 1 saturated heterocycles. The number of sulfonamides is 1. The van der Waals surface area contributed by atoms with Gasteiger partial charge in [-0.3, -0.25) is 4.79 Å². The molecule has 0 unspecified atom stereocenters. The maximum Gasteiger partial charge on any atom is 0.416 e. The van der Waals surface area contributed by atoms with Gasteiger partial charge in [0.1, 0.15) is 4.90 Å². The summed E-state index contributed by atoms with van der Waals surface area (Å²) in [6.45, 7) is 0.917. The molecular formula is C27H23F3N2O4S. The number of fused-ring (bicyclic) bond motifs is 1. The highest BCUT2D eigenvalue weighted by Crippen LogP contribution is 2.33. The molecule has 5 rings (SSSR count). The zero-order valence-corrected chi connectivity index (χ0v) is 20.4. The summed E-state index contributed by atoms with van der Waals surface area (Å²) >= 11 is 0. The molecule has 4 aromatic rings. The van der Waals surface area contributed by atoms with Gasteiger partial charge in [-0.2, -0.15) is 17.5 Å². The first kappa shape index (κ1) is 25.0. The maximum absolute atomic E-state index is 13.1. The molecule has 1 aliphatic heterocycles. The van der Waals surface area contributed by atoms with Gasteiger partial charge in [0.2, 0.25) is 10.0 Å². The first-order valence-electron chi connectivity index (χ1n) is 11.7. The standard InChI is InChI=1S/C27H23F3N2O4S/c28-27(29,30)23-5-3-4-20(13-23)18-6-8-19(9-7-18)22-12-21(14-26(33)34)25-15-24(17-31(25)16-22)37(35,36)32-10-1-2-11-32/h3-9,12-13,15-17H,1-2,10-11,14H2,(H,33,34). The van der Waals surface area contributed by atoms with E-state index >= 15 is 0 Å². The Morgan fingerprint density at radius 1 is 0.865 bits per heavy atom. The zero-order chi connectivity index (χ0) is 26.4. The number of nitrogens with zero attached hydrogens (tertiary/aromatic N) is 2. The molecule has 2 aromatic carbocycles. The fraction of sp³-hybridized carbons (Fsp3) is 0.222. The van der Waals surface area contributed by atoms with Crippen molar-refractivity contribution in [2.24, 2.45) is 0 Å². The van der Waals surface area contributed by atoms with Crippen LogP contribution in [-0.4, -0.2) is 41.3 Å². The van der Waals surface area contributed by atoms with Crippen LogP contribution >= 0.6 is 0 Å². The van der Waals surface area contributed by atoms with E-state index in [1.165, 1.54) is 22.6 Å². The van der Waals surface area contributed by atoms with E-state index in [9.17, 15) is 31.5 Å². The molecule has 0 atom stereocenters. The fourth-order valence-corrected chi connectivity index (χ4v) is 6.22. The van der Waals surface area contributed by atoms with Crippen molar-refractivity contribution in [2.75, 3.05) is 13.1 Å². The van der Waals surface area contributed by atoms with Crippen LogP contribution in [0.15, 0.2) is 78.0 Å². The summed E-state index contributed by atoms with van der Waals surface area (Å²) in [6, 6.07) is 15.2. The monoisotopic (exact) mass is 528 g/mol. The van der Waals surface area contributed by atoms with E-state index in [0.717, 1.165) is 25.0 Å². The normalized spacial score (nSPS) is 14.9. The molecule has 10 heteroatoms. The van der Waals surface area contributed by atoms with Crippen LogP contribution in [0.4, 0.5) is 13.2 Å². The summed E-state index contributed by atoms with van der Waals surface area (Å²) in [5, 5.41) is 9.45. The van der Waals surface area contributed by atoms with Gasteiger partial charge in [0, 0.05) is 25.5 Å². The number of aromatic nitrogens is 1. The minimum absolute atomic E-state index is 0.109. The summed E-state index contributed by atoms with van der Waals surface area (Å²) in [6.07, 6.45) is 0.0868. The van der Waals surface area contributed by atoms with Crippen LogP contribution in [0.1, 0.15) is 24.0 Å². The van der Waals surface area contributed by atoms with Gasteiger partial charge >= 0.3 is 12.1 Å². The largest absolute Gasteiger partial charge is 0.481 e. The Morgan fingerprint density at radius 3 is 2.14 bits per heavy atom. The Bertz CT molecular complexity index is 1590. The number of carboxylic acids is 1. The summed E-state index contributed by atoms with van der Waals surface area (Å²) in [4.78, 5) is 11.7. The van der Waals surface area contributed by atoms with E-state index in [2.05, 4.69) is 0 Å². The van der Waals surface area contributed by atoms with E-state index in [4.69, 9.17) is 0 Å². The van der Waals surface area contributed by atoms with Gasteiger partial charge in [-0.25, -0.2) is 8.42 Å². The van der Waals surface area contributed by atoms with Gasteiger partial charge in [-0.1, -0.05) is 36.4 Å². The third kappa shape index (κ3) is 4.99. The molecule has 1 aliphatic rings. The number of alkyl halides is 3. The van der Waals surface area contributed by atoms with Gasteiger partial charge in [-0.15, -0.1) is 0 Å². The van der Waals surface area contributed by atoms with Crippen molar-refractivity contribution in [3.63, 3.8) is 0 Å². The van der Waals surface area contributed by atoms with Crippen LogP contribution in [0, 0.1) is 0 Å². The van der Waals surface area contributed by atoms with Crippen molar-refractivity contribution in [1.82, 2.24) is 8.71 Å². The smallest absolute Gasteiger partial charge is 0.416 e. The molecule has 3 heterocycles. The lowest BCUT2D eigenvalue weighted by molar-refractivity contribution is -0.138. The number of carbonyl (C=O) groups is 1. The van der Waals surface area contributed by atoms with Gasteiger partial charge in [-0.05, 0) is 64.9 Å². The minimum Gasteiger partial charge on any atom is -0.481 e. The van der Waals surface area contributed by atoms with Crippen molar-refractivity contribution in [3.05, 3.63) is 84.2 Å². The fourth-order valence-electron chi connectivity index (χ4n) is 4.68. The molecule has 1 N–H and O–H groups in total. The first-order chi connectivity index (χ1) is 17.5. The number of benzene rings is 2. The van der Waals surface area contributed by atoms with Crippen LogP contribution in [-0.2, 0) is 27.4 Å². The van der Waals surface area contributed by atoms with Crippen LogP contribution in [0.3, 0.4) is 0 Å². The molecule has 0 radical (unpaired) electrons. The second-order valence-electron chi connectivity index (χ2n) is 9.06. The summed E-state index contributed by atoms with van der Waals surface area (Å²) in [7, 11) is -3.69. The van der Waals surface area contributed by atoms with Crippen molar-refractivity contribution in [3.8, 4) is 22.3 Å². The van der Waals surface area contributed by atoms with E-state index in [1.54, 1.807) is 47.0 Å². The van der Waals surface area contributed by atoms with Crippen molar-refractivity contribution >= 4 is 21.5 Å². The molecule has 6 nitrogen and oxygen atoms in total. The third-order valence-corrected chi connectivity index (χ3v) is 8.41. The van der Waals surface area contributed by atoms with E-state index in [0.29, 0.717) is 46.4 Å². The Hall–Kier alpha value is -3.63. The number of carboxylic acid groups (broad SMARTS) is 1. The minimum atomic E-state index is -4.44. The lowest BCUT2D eigenvalue weighted by atomic mass is 9.98. The second kappa shape index (κ2) is 9.35. The molecule has 0 bridgehead atoms. The highest BCUT2D eigenvalue weighted by Gasteiger charge is 2.31. The van der Waals surface area contributed by atoms with Crippen LogP contribution in [0.5, 0.6) is 0 Å². The third-order valence-electron chi connectivity index (χ3n) is 6.55.